The smallest absolute Gasteiger partial charge is 0.320 e. The molecule has 5 heteroatoms. The predicted molar refractivity (Wildman–Crippen MR) is 59.8 cm³/mol. The van der Waals surface area contributed by atoms with E-state index in [1.807, 2.05) is 6.92 Å². The van der Waals surface area contributed by atoms with Crippen molar-refractivity contribution in [3.8, 4) is 0 Å². The highest BCUT2D eigenvalue weighted by molar-refractivity contribution is 5.88. The van der Waals surface area contributed by atoms with E-state index in [2.05, 4.69) is 22.7 Å². The zero-order chi connectivity index (χ0) is 11.1. The lowest BCUT2D eigenvalue weighted by Gasteiger charge is -2.07. The largest absolute Gasteiger partial charge is 0.338 e. The molecule has 1 heterocycles. The van der Waals surface area contributed by atoms with Crippen LogP contribution in [-0.4, -0.2) is 22.4 Å². The van der Waals surface area contributed by atoms with Crippen LogP contribution in [0.2, 0.25) is 0 Å². The van der Waals surface area contributed by atoms with Gasteiger partial charge in [-0.1, -0.05) is 13.3 Å². The number of rotatable bonds is 5. The van der Waals surface area contributed by atoms with Crippen LogP contribution in [0.25, 0.3) is 0 Å². The second-order valence-electron chi connectivity index (χ2n) is 3.27. The molecule has 1 aromatic rings. The van der Waals surface area contributed by atoms with Crippen LogP contribution in [0.5, 0.6) is 0 Å². The molecule has 0 bridgehead atoms. The van der Waals surface area contributed by atoms with Gasteiger partial charge in [0.25, 0.3) is 0 Å². The molecule has 1 aromatic heterocycles. The van der Waals surface area contributed by atoms with Crippen LogP contribution in [0.1, 0.15) is 26.7 Å². The first-order valence-corrected chi connectivity index (χ1v) is 5.34. The zero-order valence-corrected chi connectivity index (χ0v) is 9.29. The minimum absolute atomic E-state index is 0.168. The van der Waals surface area contributed by atoms with E-state index in [0.717, 1.165) is 25.2 Å². The Bertz CT molecular complexity index is 308. The highest BCUT2D eigenvalue weighted by atomic mass is 16.2. The summed E-state index contributed by atoms with van der Waals surface area (Å²) in [7, 11) is 0. The van der Waals surface area contributed by atoms with E-state index in [9.17, 15) is 4.79 Å². The van der Waals surface area contributed by atoms with Crippen LogP contribution in [0.15, 0.2) is 12.3 Å². The maximum Gasteiger partial charge on any atom is 0.320 e. The molecule has 84 valence electrons. The Hall–Kier alpha value is -1.52. The highest BCUT2D eigenvalue weighted by Gasteiger charge is 2.04. The van der Waals surface area contributed by atoms with Gasteiger partial charge in [0.05, 0.1) is 6.20 Å². The van der Waals surface area contributed by atoms with Crippen LogP contribution in [-0.2, 0) is 6.54 Å². The summed E-state index contributed by atoms with van der Waals surface area (Å²) in [6.45, 7) is 5.53. The van der Waals surface area contributed by atoms with Crippen molar-refractivity contribution < 1.29 is 4.79 Å². The number of aryl methyl sites for hydroxylation is 1. The number of nitrogens with zero attached hydrogens (tertiary/aromatic N) is 2. The van der Waals surface area contributed by atoms with Gasteiger partial charge < -0.3 is 5.32 Å². The number of unbranched alkanes of at least 4 members (excludes halogenated alkanes) is 1. The molecule has 0 unspecified atom stereocenters. The normalized spacial score (nSPS) is 10.0. The van der Waals surface area contributed by atoms with Crippen molar-refractivity contribution in [2.45, 2.75) is 33.2 Å². The molecule has 0 fully saturated rings. The third-order valence-corrected chi connectivity index (χ3v) is 2.07. The summed E-state index contributed by atoms with van der Waals surface area (Å²) < 4.78 is 1.74. The topological polar surface area (TPSA) is 59.0 Å². The van der Waals surface area contributed by atoms with Crippen LogP contribution >= 0.6 is 0 Å². The van der Waals surface area contributed by atoms with Crippen molar-refractivity contribution in [2.75, 3.05) is 11.9 Å². The third kappa shape index (κ3) is 3.61. The molecule has 1 rings (SSSR count). The number of hydrogen-bond acceptors (Lipinski definition) is 2. The molecule has 15 heavy (non-hydrogen) atoms. The summed E-state index contributed by atoms with van der Waals surface area (Å²) in [5.74, 6) is 0.728. The minimum atomic E-state index is -0.168. The van der Waals surface area contributed by atoms with Crippen LogP contribution in [0.3, 0.4) is 0 Å². The van der Waals surface area contributed by atoms with Gasteiger partial charge in [-0.25, -0.2) is 9.48 Å². The first kappa shape index (κ1) is 11.6. The van der Waals surface area contributed by atoms with Crippen molar-refractivity contribution in [1.29, 1.82) is 0 Å². The van der Waals surface area contributed by atoms with Gasteiger partial charge >= 0.3 is 6.03 Å². The molecule has 2 N–H and O–H groups in total. The molecule has 5 nitrogen and oxygen atoms in total. The van der Waals surface area contributed by atoms with E-state index in [1.54, 1.807) is 16.9 Å². The third-order valence-electron chi connectivity index (χ3n) is 2.07. The summed E-state index contributed by atoms with van der Waals surface area (Å²) in [5.41, 5.74) is 0. The SMILES string of the molecule is CCCCNC(=O)Nc1ccnn1CC. The molecule has 0 aliphatic rings. The fourth-order valence-corrected chi connectivity index (χ4v) is 1.23. The zero-order valence-electron chi connectivity index (χ0n) is 9.29. The molecule has 2 amide bonds. The number of carbonyl (C=O) groups is 1. The summed E-state index contributed by atoms with van der Waals surface area (Å²) in [6, 6.07) is 1.61. The van der Waals surface area contributed by atoms with Crippen molar-refractivity contribution in [3.05, 3.63) is 12.3 Å². The van der Waals surface area contributed by atoms with Crippen LogP contribution < -0.4 is 10.6 Å². The number of nitrogens with one attached hydrogen (secondary N) is 2. The lowest BCUT2D eigenvalue weighted by Crippen LogP contribution is -2.30. The molecule has 0 aliphatic carbocycles. The Morgan fingerprint density at radius 2 is 2.33 bits per heavy atom. The van der Waals surface area contributed by atoms with E-state index < -0.39 is 0 Å². The Kier molecular flexibility index (Phi) is 4.66. The van der Waals surface area contributed by atoms with E-state index >= 15 is 0 Å². The van der Waals surface area contributed by atoms with Crippen LogP contribution in [0.4, 0.5) is 10.6 Å². The van der Waals surface area contributed by atoms with Crippen molar-refractivity contribution in [2.24, 2.45) is 0 Å². The Morgan fingerprint density at radius 1 is 1.53 bits per heavy atom. The second-order valence-corrected chi connectivity index (χ2v) is 3.27. The van der Waals surface area contributed by atoms with E-state index in [-0.39, 0.29) is 6.03 Å². The number of urea groups is 1. The van der Waals surface area contributed by atoms with Gasteiger partial charge in [-0.3, -0.25) is 5.32 Å². The molecule has 0 radical (unpaired) electrons. The highest BCUT2D eigenvalue weighted by Crippen LogP contribution is 2.04. The lowest BCUT2D eigenvalue weighted by atomic mass is 10.3. The number of anilines is 1. The van der Waals surface area contributed by atoms with E-state index in [1.165, 1.54) is 0 Å². The number of aromatic nitrogens is 2. The summed E-state index contributed by atoms with van der Waals surface area (Å²) in [4.78, 5) is 11.4. The molecule has 0 aliphatic heterocycles. The molecule has 0 spiro atoms. The molecule has 0 saturated heterocycles. The molecule has 0 atom stereocenters. The van der Waals surface area contributed by atoms with Gasteiger partial charge in [0, 0.05) is 19.2 Å². The Balaban J connectivity index is 2.37. The van der Waals surface area contributed by atoms with Crippen molar-refractivity contribution in [3.63, 3.8) is 0 Å². The van der Waals surface area contributed by atoms with E-state index in [0.29, 0.717) is 6.54 Å². The Morgan fingerprint density at radius 3 is 3.00 bits per heavy atom. The molecular formula is C10H18N4O. The van der Waals surface area contributed by atoms with Gasteiger partial charge in [-0.05, 0) is 13.3 Å². The number of hydrogen-bond donors (Lipinski definition) is 2. The van der Waals surface area contributed by atoms with Gasteiger partial charge in [0.15, 0.2) is 0 Å². The van der Waals surface area contributed by atoms with Gasteiger partial charge in [-0.15, -0.1) is 0 Å². The maximum atomic E-state index is 11.4. The number of carbonyl (C=O) groups excluding carboxylic acids is 1. The summed E-state index contributed by atoms with van der Waals surface area (Å²) in [6.07, 6.45) is 3.75. The first-order chi connectivity index (χ1) is 7.27. The minimum Gasteiger partial charge on any atom is -0.338 e. The van der Waals surface area contributed by atoms with Gasteiger partial charge in [0.1, 0.15) is 5.82 Å². The summed E-state index contributed by atoms with van der Waals surface area (Å²) in [5, 5.41) is 9.59. The lowest BCUT2D eigenvalue weighted by molar-refractivity contribution is 0.251. The van der Waals surface area contributed by atoms with E-state index in [4.69, 9.17) is 0 Å². The quantitative estimate of drug-likeness (QED) is 0.728. The van der Waals surface area contributed by atoms with Gasteiger partial charge in [-0.2, -0.15) is 5.10 Å². The number of amides is 2. The first-order valence-electron chi connectivity index (χ1n) is 5.34. The molecular weight excluding hydrogens is 192 g/mol. The monoisotopic (exact) mass is 210 g/mol. The van der Waals surface area contributed by atoms with Crippen molar-refractivity contribution >= 4 is 11.8 Å². The predicted octanol–water partition coefficient (Wildman–Crippen LogP) is 1.82. The second kappa shape index (κ2) is 6.06. The molecule has 0 saturated carbocycles. The average Bonchev–Trinajstić information content (AvgIpc) is 2.65. The summed E-state index contributed by atoms with van der Waals surface area (Å²) >= 11 is 0. The Labute approximate surface area is 89.9 Å². The standard InChI is InChI=1S/C10H18N4O/c1-3-5-7-11-10(15)13-9-6-8-12-14(9)4-2/h6,8H,3-5,7H2,1-2H3,(H2,11,13,15). The average molecular weight is 210 g/mol. The molecule has 0 aromatic carbocycles. The maximum absolute atomic E-state index is 11.4. The van der Waals surface area contributed by atoms with Crippen LogP contribution in [0, 0.1) is 0 Å². The van der Waals surface area contributed by atoms with Crippen molar-refractivity contribution in [1.82, 2.24) is 15.1 Å². The van der Waals surface area contributed by atoms with Gasteiger partial charge in [0.2, 0.25) is 0 Å². The fourth-order valence-electron chi connectivity index (χ4n) is 1.23. The fraction of sp³-hybridized carbons (Fsp3) is 0.600.